The highest BCUT2D eigenvalue weighted by Crippen LogP contribution is 2.15. The van der Waals surface area contributed by atoms with Crippen LogP contribution in [0.15, 0.2) is 54.6 Å². The third-order valence-corrected chi connectivity index (χ3v) is 3.38. The molecule has 0 aliphatic rings. The van der Waals surface area contributed by atoms with Gasteiger partial charge in [0.25, 0.3) is 0 Å². The predicted octanol–water partition coefficient (Wildman–Crippen LogP) is 2.55. The van der Waals surface area contributed by atoms with Gasteiger partial charge in [0.05, 0.1) is 11.5 Å². The van der Waals surface area contributed by atoms with E-state index < -0.39 is 0 Å². The summed E-state index contributed by atoms with van der Waals surface area (Å²) in [5, 5.41) is 2.99. The first-order valence-corrected chi connectivity index (χ1v) is 7.15. The molecular weight excluding hydrogens is 278 g/mol. The van der Waals surface area contributed by atoms with Crippen molar-refractivity contribution in [1.82, 2.24) is 5.32 Å². The molecule has 1 N–H and O–H groups in total. The lowest BCUT2D eigenvalue weighted by Gasteiger charge is -2.11. The Kier molecular flexibility index (Phi) is 5.86. The Morgan fingerprint density at radius 2 is 1.82 bits per heavy atom. The zero-order chi connectivity index (χ0) is 15.8. The van der Waals surface area contributed by atoms with E-state index in [-0.39, 0.29) is 18.5 Å². The van der Waals surface area contributed by atoms with Crippen molar-refractivity contribution in [1.29, 1.82) is 0 Å². The van der Waals surface area contributed by atoms with Crippen molar-refractivity contribution in [3.8, 4) is 0 Å². The maximum Gasteiger partial charge on any atom is 0.338 e. The number of carbonyl (C=O) groups is 2. The minimum absolute atomic E-state index is 0.161. The van der Waals surface area contributed by atoms with E-state index in [1.165, 1.54) is 0 Å². The molecule has 0 bridgehead atoms. The van der Waals surface area contributed by atoms with Gasteiger partial charge in [-0.2, -0.15) is 0 Å². The van der Waals surface area contributed by atoms with Gasteiger partial charge in [0.15, 0.2) is 0 Å². The highest BCUT2D eigenvalue weighted by atomic mass is 16.5. The van der Waals surface area contributed by atoms with E-state index in [4.69, 9.17) is 4.74 Å². The summed E-state index contributed by atoms with van der Waals surface area (Å²) in [7, 11) is 1.81. The molecule has 0 amide bonds. The lowest BCUT2D eigenvalue weighted by Crippen LogP contribution is -2.18. The maximum absolute atomic E-state index is 11.8. The number of esters is 1. The molecular formula is C18H19NO3. The molecule has 2 aromatic carbocycles. The standard InChI is InChI=1S/C18H19NO3/c1-19-11-17(12-20)15-9-7-14(8-10-15)13-22-18(21)16-5-3-2-4-6-16/h2-10,12,17,19H,11,13H2,1H3/t17-/m0/s1. The molecule has 0 heterocycles. The van der Waals surface area contributed by atoms with Gasteiger partial charge in [-0.1, -0.05) is 42.5 Å². The van der Waals surface area contributed by atoms with Crippen LogP contribution < -0.4 is 5.32 Å². The van der Waals surface area contributed by atoms with Crippen LogP contribution in [0.25, 0.3) is 0 Å². The fourth-order valence-electron chi connectivity index (χ4n) is 2.13. The summed E-state index contributed by atoms with van der Waals surface area (Å²) in [6, 6.07) is 16.4. The van der Waals surface area contributed by atoms with Crippen molar-refractivity contribution in [2.24, 2.45) is 0 Å². The molecule has 0 saturated carbocycles. The Labute approximate surface area is 130 Å². The molecule has 114 valence electrons. The number of likely N-dealkylation sites (N-methyl/N-ethyl adjacent to an activating group) is 1. The van der Waals surface area contributed by atoms with Crippen LogP contribution in [0.5, 0.6) is 0 Å². The summed E-state index contributed by atoms with van der Waals surface area (Å²) >= 11 is 0. The summed E-state index contributed by atoms with van der Waals surface area (Å²) in [6.45, 7) is 0.817. The first-order chi connectivity index (χ1) is 10.7. The molecule has 0 aliphatic heterocycles. The van der Waals surface area contributed by atoms with Gasteiger partial charge in [-0.05, 0) is 30.3 Å². The normalized spacial score (nSPS) is 11.7. The van der Waals surface area contributed by atoms with Crippen molar-refractivity contribution >= 4 is 12.3 Å². The van der Waals surface area contributed by atoms with Crippen molar-refractivity contribution in [3.05, 3.63) is 71.3 Å². The van der Waals surface area contributed by atoms with Gasteiger partial charge in [0, 0.05) is 6.54 Å². The van der Waals surface area contributed by atoms with Crippen LogP contribution in [0.1, 0.15) is 27.4 Å². The summed E-state index contributed by atoms with van der Waals surface area (Å²) in [4.78, 5) is 22.9. The lowest BCUT2D eigenvalue weighted by atomic mass is 9.99. The second kappa shape index (κ2) is 8.10. The van der Waals surface area contributed by atoms with Crippen LogP contribution in [0, 0.1) is 0 Å². The Balaban J connectivity index is 1.94. The number of nitrogens with one attached hydrogen (secondary N) is 1. The summed E-state index contributed by atoms with van der Waals surface area (Å²) in [5.74, 6) is -0.503. The number of rotatable bonds is 7. The second-order valence-electron chi connectivity index (χ2n) is 4.98. The molecule has 0 aromatic heterocycles. The van der Waals surface area contributed by atoms with Gasteiger partial charge in [0.2, 0.25) is 0 Å². The molecule has 0 fully saturated rings. The number of carbonyl (C=O) groups excluding carboxylic acids is 2. The van der Waals surface area contributed by atoms with Gasteiger partial charge in [-0.25, -0.2) is 4.79 Å². The molecule has 2 aromatic rings. The summed E-state index contributed by atoms with van der Waals surface area (Å²) in [6.07, 6.45) is 0.931. The van der Waals surface area contributed by atoms with Crippen LogP contribution in [0.2, 0.25) is 0 Å². The molecule has 0 aliphatic carbocycles. The average Bonchev–Trinajstić information content (AvgIpc) is 2.59. The highest BCUT2D eigenvalue weighted by Gasteiger charge is 2.10. The third kappa shape index (κ3) is 4.27. The smallest absolute Gasteiger partial charge is 0.338 e. The van der Waals surface area contributed by atoms with E-state index in [1.54, 1.807) is 24.3 Å². The summed E-state index contributed by atoms with van der Waals surface area (Å²) < 4.78 is 5.27. The Morgan fingerprint density at radius 3 is 2.41 bits per heavy atom. The molecule has 0 radical (unpaired) electrons. The fraction of sp³-hybridized carbons (Fsp3) is 0.222. The number of ether oxygens (including phenoxy) is 1. The zero-order valence-corrected chi connectivity index (χ0v) is 12.5. The van der Waals surface area contributed by atoms with Gasteiger partial charge in [0.1, 0.15) is 12.9 Å². The first kappa shape index (κ1) is 15.9. The number of benzene rings is 2. The molecule has 2 rings (SSSR count). The molecule has 1 atom stereocenters. The molecule has 0 unspecified atom stereocenters. The van der Waals surface area contributed by atoms with Crippen molar-refractivity contribution < 1.29 is 14.3 Å². The topological polar surface area (TPSA) is 55.4 Å². The number of aldehydes is 1. The van der Waals surface area contributed by atoms with E-state index in [0.29, 0.717) is 12.1 Å². The Morgan fingerprint density at radius 1 is 1.14 bits per heavy atom. The second-order valence-corrected chi connectivity index (χ2v) is 4.98. The van der Waals surface area contributed by atoms with Crippen LogP contribution in [0.4, 0.5) is 0 Å². The van der Waals surface area contributed by atoms with Gasteiger partial charge in [-0.3, -0.25) is 0 Å². The van der Waals surface area contributed by atoms with E-state index in [9.17, 15) is 9.59 Å². The highest BCUT2D eigenvalue weighted by molar-refractivity contribution is 5.89. The van der Waals surface area contributed by atoms with E-state index in [0.717, 1.165) is 17.4 Å². The molecule has 4 nitrogen and oxygen atoms in total. The monoisotopic (exact) mass is 297 g/mol. The van der Waals surface area contributed by atoms with Crippen LogP contribution in [0.3, 0.4) is 0 Å². The third-order valence-electron chi connectivity index (χ3n) is 3.38. The first-order valence-electron chi connectivity index (χ1n) is 7.15. The van der Waals surface area contributed by atoms with Gasteiger partial charge >= 0.3 is 5.97 Å². The van der Waals surface area contributed by atoms with E-state index >= 15 is 0 Å². The number of hydrogen-bond donors (Lipinski definition) is 1. The molecule has 4 heteroatoms. The molecule has 22 heavy (non-hydrogen) atoms. The van der Waals surface area contributed by atoms with E-state index in [2.05, 4.69) is 5.32 Å². The van der Waals surface area contributed by atoms with Crippen LogP contribution >= 0.6 is 0 Å². The molecule has 0 spiro atoms. The van der Waals surface area contributed by atoms with Crippen LogP contribution in [-0.2, 0) is 16.1 Å². The van der Waals surface area contributed by atoms with Crippen LogP contribution in [-0.4, -0.2) is 25.8 Å². The summed E-state index contributed by atoms with van der Waals surface area (Å²) in [5.41, 5.74) is 2.37. The zero-order valence-electron chi connectivity index (χ0n) is 12.5. The SMILES string of the molecule is CNC[C@@H](C=O)c1ccc(COC(=O)c2ccccc2)cc1. The van der Waals surface area contributed by atoms with Crippen molar-refractivity contribution in [3.63, 3.8) is 0 Å². The Hall–Kier alpha value is -2.46. The van der Waals surface area contributed by atoms with Gasteiger partial charge in [-0.15, -0.1) is 0 Å². The average molecular weight is 297 g/mol. The maximum atomic E-state index is 11.8. The van der Waals surface area contributed by atoms with E-state index in [1.807, 2.05) is 37.4 Å². The molecule has 0 saturated heterocycles. The quantitative estimate of drug-likeness (QED) is 0.630. The van der Waals surface area contributed by atoms with Gasteiger partial charge < -0.3 is 14.8 Å². The predicted molar refractivity (Wildman–Crippen MR) is 84.7 cm³/mol. The Bertz CT molecular complexity index is 608. The van der Waals surface area contributed by atoms with Crippen molar-refractivity contribution in [2.45, 2.75) is 12.5 Å². The fourth-order valence-corrected chi connectivity index (χ4v) is 2.13. The number of hydrogen-bond acceptors (Lipinski definition) is 4. The lowest BCUT2D eigenvalue weighted by molar-refractivity contribution is -0.109. The van der Waals surface area contributed by atoms with Crippen molar-refractivity contribution in [2.75, 3.05) is 13.6 Å². The minimum atomic E-state index is -0.342. The minimum Gasteiger partial charge on any atom is -0.457 e. The largest absolute Gasteiger partial charge is 0.457 e.